The van der Waals surface area contributed by atoms with Crippen LogP contribution in [-0.2, 0) is 0 Å². The maximum Gasteiger partial charge on any atom is 0.126 e. The second-order valence-electron chi connectivity index (χ2n) is 2.70. The standard InChI is InChI=1S/C10H11BrN2/c1-3-4-5-12-10-6-8(2)9(11)7-13-10/h1,6-7H,4-5H2,2H3,(H,12,13). The van der Waals surface area contributed by atoms with Crippen LogP contribution in [0.3, 0.4) is 0 Å². The van der Waals surface area contributed by atoms with Crippen molar-refractivity contribution in [3.63, 3.8) is 0 Å². The summed E-state index contributed by atoms with van der Waals surface area (Å²) in [6.07, 6.45) is 7.63. The minimum absolute atomic E-state index is 0.719. The molecule has 0 fully saturated rings. The Bertz CT molecular complexity index is 328. The van der Waals surface area contributed by atoms with Crippen LogP contribution in [0.25, 0.3) is 0 Å². The lowest BCUT2D eigenvalue weighted by Gasteiger charge is -2.04. The molecule has 1 heterocycles. The van der Waals surface area contributed by atoms with Crippen molar-refractivity contribution in [1.29, 1.82) is 0 Å². The molecule has 1 rings (SSSR count). The van der Waals surface area contributed by atoms with Gasteiger partial charge in [0.05, 0.1) is 0 Å². The van der Waals surface area contributed by atoms with Crippen LogP contribution in [0.2, 0.25) is 0 Å². The Morgan fingerprint density at radius 3 is 3.08 bits per heavy atom. The lowest BCUT2D eigenvalue weighted by atomic mass is 10.3. The maximum absolute atomic E-state index is 5.13. The molecule has 0 saturated carbocycles. The lowest BCUT2D eigenvalue weighted by Crippen LogP contribution is -2.02. The number of pyridine rings is 1. The molecule has 1 aromatic rings. The summed E-state index contributed by atoms with van der Waals surface area (Å²) in [7, 11) is 0. The third-order valence-electron chi connectivity index (χ3n) is 1.62. The van der Waals surface area contributed by atoms with Crippen LogP contribution in [0.1, 0.15) is 12.0 Å². The van der Waals surface area contributed by atoms with Crippen LogP contribution in [0, 0.1) is 19.3 Å². The zero-order valence-electron chi connectivity index (χ0n) is 7.47. The first-order valence-electron chi connectivity index (χ1n) is 4.03. The number of aromatic nitrogens is 1. The largest absolute Gasteiger partial charge is 0.369 e. The van der Waals surface area contributed by atoms with E-state index in [9.17, 15) is 0 Å². The van der Waals surface area contributed by atoms with Crippen molar-refractivity contribution in [1.82, 2.24) is 4.98 Å². The SMILES string of the molecule is C#CCCNc1cc(C)c(Br)cn1. The normalized spacial score (nSPS) is 9.31. The molecule has 0 bridgehead atoms. The van der Waals surface area contributed by atoms with E-state index in [1.165, 1.54) is 5.56 Å². The Hall–Kier alpha value is -1.01. The summed E-state index contributed by atoms with van der Waals surface area (Å²) in [6, 6.07) is 1.99. The first-order valence-corrected chi connectivity index (χ1v) is 4.83. The van der Waals surface area contributed by atoms with E-state index in [4.69, 9.17) is 6.42 Å². The molecule has 68 valence electrons. The highest BCUT2D eigenvalue weighted by atomic mass is 79.9. The van der Waals surface area contributed by atoms with Gasteiger partial charge in [0.15, 0.2) is 0 Å². The number of halogens is 1. The number of rotatable bonds is 3. The minimum atomic E-state index is 0.719. The molecule has 0 aromatic carbocycles. The number of nitrogens with one attached hydrogen (secondary N) is 1. The molecule has 1 N–H and O–H groups in total. The predicted octanol–water partition coefficient (Wildman–Crippen LogP) is 2.59. The molecule has 1 aromatic heterocycles. The third kappa shape index (κ3) is 3.08. The number of hydrogen-bond donors (Lipinski definition) is 1. The first-order chi connectivity index (χ1) is 6.24. The van der Waals surface area contributed by atoms with Crippen molar-refractivity contribution >= 4 is 21.7 Å². The summed E-state index contributed by atoms with van der Waals surface area (Å²) in [4.78, 5) is 4.18. The van der Waals surface area contributed by atoms with E-state index in [2.05, 4.69) is 32.2 Å². The summed E-state index contributed by atoms with van der Waals surface area (Å²) in [5.41, 5.74) is 1.17. The van der Waals surface area contributed by atoms with E-state index >= 15 is 0 Å². The van der Waals surface area contributed by atoms with E-state index < -0.39 is 0 Å². The van der Waals surface area contributed by atoms with Crippen LogP contribution in [0.15, 0.2) is 16.7 Å². The second kappa shape index (κ2) is 4.88. The Labute approximate surface area is 86.9 Å². The molecular formula is C10H11BrN2. The third-order valence-corrected chi connectivity index (χ3v) is 2.45. The Kier molecular flexibility index (Phi) is 3.78. The van der Waals surface area contributed by atoms with Crippen molar-refractivity contribution < 1.29 is 0 Å². The fourth-order valence-electron chi connectivity index (χ4n) is 0.899. The van der Waals surface area contributed by atoms with Gasteiger partial charge < -0.3 is 5.32 Å². The van der Waals surface area contributed by atoms with Crippen molar-refractivity contribution in [2.45, 2.75) is 13.3 Å². The van der Waals surface area contributed by atoms with Crippen LogP contribution < -0.4 is 5.32 Å². The molecule has 0 atom stereocenters. The zero-order valence-corrected chi connectivity index (χ0v) is 9.06. The molecule has 3 heteroatoms. The van der Waals surface area contributed by atoms with E-state index in [0.717, 1.165) is 23.3 Å². The van der Waals surface area contributed by atoms with Crippen molar-refractivity contribution in [3.05, 3.63) is 22.3 Å². The molecule has 0 radical (unpaired) electrons. The van der Waals surface area contributed by atoms with Crippen molar-refractivity contribution in [2.24, 2.45) is 0 Å². The maximum atomic E-state index is 5.13. The van der Waals surface area contributed by atoms with Gasteiger partial charge in [-0.1, -0.05) is 0 Å². The fourth-order valence-corrected chi connectivity index (χ4v) is 1.12. The van der Waals surface area contributed by atoms with Crippen molar-refractivity contribution in [3.8, 4) is 12.3 Å². The van der Waals surface area contributed by atoms with Gasteiger partial charge in [0.2, 0.25) is 0 Å². The van der Waals surface area contributed by atoms with E-state index in [1.807, 2.05) is 13.0 Å². The average Bonchev–Trinajstić information content (AvgIpc) is 2.12. The van der Waals surface area contributed by atoms with Gasteiger partial charge in [0.1, 0.15) is 5.82 Å². The molecule has 0 spiro atoms. The number of anilines is 1. The number of aryl methyl sites for hydroxylation is 1. The van der Waals surface area contributed by atoms with Gasteiger partial charge in [0.25, 0.3) is 0 Å². The number of hydrogen-bond acceptors (Lipinski definition) is 2. The van der Waals surface area contributed by atoms with Gasteiger partial charge in [-0.15, -0.1) is 12.3 Å². The van der Waals surface area contributed by atoms with Gasteiger partial charge in [-0.25, -0.2) is 4.98 Å². The zero-order chi connectivity index (χ0) is 9.68. The van der Waals surface area contributed by atoms with Crippen LogP contribution in [0.5, 0.6) is 0 Å². The molecule has 0 aliphatic heterocycles. The molecular weight excluding hydrogens is 228 g/mol. The van der Waals surface area contributed by atoms with Gasteiger partial charge >= 0.3 is 0 Å². The second-order valence-corrected chi connectivity index (χ2v) is 3.55. The van der Waals surface area contributed by atoms with Gasteiger partial charge in [-0.2, -0.15) is 0 Å². The molecule has 2 nitrogen and oxygen atoms in total. The van der Waals surface area contributed by atoms with Crippen LogP contribution in [-0.4, -0.2) is 11.5 Å². The van der Waals surface area contributed by atoms with E-state index in [-0.39, 0.29) is 0 Å². The fraction of sp³-hybridized carbons (Fsp3) is 0.300. The molecule has 0 aliphatic carbocycles. The molecule has 0 unspecified atom stereocenters. The average molecular weight is 239 g/mol. The summed E-state index contributed by atoms with van der Waals surface area (Å²) >= 11 is 3.39. The number of nitrogens with zero attached hydrogens (tertiary/aromatic N) is 1. The van der Waals surface area contributed by atoms with Gasteiger partial charge in [0, 0.05) is 23.6 Å². The molecule has 0 amide bonds. The monoisotopic (exact) mass is 238 g/mol. The summed E-state index contributed by atoms with van der Waals surface area (Å²) in [5.74, 6) is 3.44. The van der Waals surface area contributed by atoms with Gasteiger partial charge in [-0.05, 0) is 34.5 Å². The minimum Gasteiger partial charge on any atom is -0.369 e. The van der Waals surface area contributed by atoms with E-state index in [1.54, 1.807) is 6.20 Å². The summed E-state index contributed by atoms with van der Waals surface area (Å²) in [6.45, 7) is 2.79. The van der Waals surface area contributed by atoms with Gasteiger partial charge in [-0.3, -0.25) is 0 Å². The molecule has 0 saturated heterocycles. The molecule has 13 heavy (non-hydrogen) atoms. The van der Waals surface area contributed by atoms with Crippen molar-refractivity contribution in [2.75, 3.05) is 11.9 Å². The topological polar surface area (TPSA) is 24.9 Å². The highest BCUT2D eigenvalue weighted by Gasteiger charge is 1.96. The smallest absolute Gasteiger partial charge is 0.126 e. The quantitative estimate of drug-likeness (QED) is 0.647. The predicted molar refractivity (Wildman–Crippen MR) is 58.6 cm³/mol. The summed E-state index contributed by atoms with van der Waals surface area (Å²) in [5, 5.41) is 3.14. The van der Waals surface area contributed by atoms with Crippen LogP contribution in [0.4, 0.5) is 5.82 Å². The highest BCUT2D eigenvalue weighted by Crippen LogP contribution is 2.16. The highest BCUT2D eigenvalue weighted by molar-refractivity contribution is 9.10. The van der Waals surface area contributed by atoms with E-state index in [0.29, 0.717) is 0 Å². The molecule has 0 aliphatic rings. The Balaban J connectivity index is 2.59. The Morgan fingerprint density at radius 2 is 2.46 bits per heavy atom. The Morgan fingerprint density at radius 1 is 1.69 bits per heavy atom. The van der Waals surface area contributed by atoms with Crippen LogP contribution >= 0.6 is 15.9 Å². The summed E-state index contributed by atoms with van der Waals surface area (Å²) < 4.78 is 1.02. The first kappa shape index (κ1) is 10.1. The lowest BCUT2D eigenvalue weighted by molar-refractivity contribution is 1.07. The number of terminal acetylenes is 1.